The van der Waals surface area contributed by atoms with Crippen molar-refractivity contribution in [2.75, 3.05) is 59.3 Å². The Morgan fingerprint density at radius 2 is 1.22 bits per heavy atom. The Bertz CT molecular complexity index is 2090. The fourth-order valence-electron chi connectivity index (χ4n) is 7.41. The number of hydrazine groups is 1. The van der Waals surface area contributed by atoms with E-state index in [4.69, 9.17) is 0 Å². The lowest BCUT2D eigenvalue weighted by Crippen LogP contribution is -2.54. The second-order valence-corrected chi connectivity index (χ2v) is 13.7. The number of amides is 5. The molecular formula is C40H42N8O3. The Kier molecular flexibility index (Phi) is 9.21. The fraction of sp³-hybridized carbons (Fsp3) is 0.300. The molecule has 7 rings (SSSR count). The van der Waals surface area contributed by atoms with Gasteiger partial charge in [-0.1, -0.05) is 36.4 Å². The highest BCUT2D eigenvalue weighted by atomic mass is 16.2. The van der Waals surface area contributed by atoms with Crippen molar-refractivity contribution < 1.29 is 14.4 Å². The van der Waals surface area contributed by atoms with Crippen LogP contribution in [0, 0.1) is 18.3 Å². The van der Waals surface area contributed by atoms with Crippen molar-refractivity contribution in [1.82, 2.24) is 9.80 Å². The predicted molar refractivity (Wildman–Crippen MR) is 200 cm³/mol. The number of para-hydroxylation sites is 1. The molecule has 4 aromatic carbocycles. The van der Waals surface area contributed by atoms with Crippen molar-refractivity contribution in [2.45, 2.75) is 46.2 Å². The number of nitrogens with zero attached hydrogens (tertiary/aromatic N) is 6. The summed E-state index contributed by atoms with van der Waals surface area (Å²) < 4.78 is 0. The van der Waals surface area contributed by atoms with Crippen LogP contribution in [0.4, 0.5) is 38.0 Å². The van der Waals surface area contributed by atoms with Gasteiger partial charge in [-0.2, -0.15) is 15.3 Å². The number of nitrogens with one attached hydrogen (secondary N) is 2. The van der Waals surface area contributed by atoms with Crippen molar-refractivity contribution in [3.63, 3.8) is 0 Å². The minimum atomic E-state index is -0.616. The first-order valence-corrected chi connectivity index (χ1v) is 17.3. The molecule has 0 saturated heterocycles. The molecule has 0 atom stereocenters. The molecule has 4 aromatic rings. The summed E-state index contributed by atoms with van der Waals surface area (Å²) in [4.78, 5) is 48.5. The normalized spacial score (nSPS) is 15.2. The lowest BCUT2D eigenvalue weighted by Gasteiger charge is -2.37. The Morgan fingerprint density at radius 3 is 1.78 bits per heavy atom. The third-order valence-corrected chi connectivity index (χ3v) is 10.1. The van der Waals surface area contributed by atoms with E-state index in [0.717, 1.165) is 48.2 Å². The van der Waals surface area contributed by atoms with Gasteiger partial charge >= 0.3 is 12.1 Å². The van der Waals surface area contributed by atoms with E-state index in [2.05, 4.69) is 40.6 Å². The maximum atomic E-state index is 14.9. The molecule has 2 N–H and O–H groups in total. The summed E-state index contributed by atoms with van der Waals surface area (Å²) in [5.41, 5.74) is 9.02. The van der Waals surface area contributed by atoms with Crippen molar-refractivity contribution in [3.05, 3.63) is 112 Å². The van der Waals surface area contributed by atoms with Crippen molar-refractivity contribution >= 4 is 46.4 Å². The van der Waals surface area contributed by atoms with Crippen molar-refractivity contribution in [2.24, 2.45) is 0 Å². The lowest BCUT2D eigenvalue weighted by molar-refractivity contribution is -0.116. The van der Waals surface area contributed by atoms with Crippen LogP contribution in [0.5, 0.6) is 0 Å². The quantitative estimate of drug-likeness (QED) is 0.240. The zero-order valence-electron chi connectivity index (χ0n) is 29.5. The highest BCUT2D eigenvalue weighted by Crippen LogP contribution is 2.37. The van der Waals surface area contributed by atoms with Gasteiger partial charge < -0.3 is 25.3 Å². The van der Waals surface area contributed by atoms with E-state index in [-0.39, 0.29) is 5.91 Å². The summed E-state index contributed by atoms with van der Waals surface area (Å²) in [5, 5.41) is 18.8. The Morgan fingerprint density at radius 1 is 0.686 bits per heavy atom. The molecule has 5 amide bonds. The molecule has 3 heterocycles. The molecule has 3 aliphatic rings. The van der Waals surface area contributed by atoms with Crippen LogP contribution < -0.4 is 25.6 Å². The van der Waals surface area contributed by atoms with E-state index in [1.165, 1.54) is 28.1 Å². The average molecular weight is 683 g/mol. The summed E-state index contributed by atoms with van der Waals surface area (Å²) in [5.74, 6) is -0.113. The molecular weight excluding hydrogens is 640 g/mol. The van der Waals surface area contributed by atoms with E-state index < -0.39 is 12.1 Å². The van der Waals surface area contributed by atoms with Gasteiger partial charge in [-0.05, 0) is 110 Å². The second-order valence-electron chi connectivity index (χ2n) is 13.7. The standard InChI is InChI=1S/C40H42N8O3/c1-26-7-5-9-36(35(26)23-41)42-39(50)47(33-13-11-28-15-18-44(3)24-31(28)21-33)48(34-14-12-29-16-19-45(4)25-32(29)22-34)40(51)43-37-10-6-8-30-17-20-46(27(2)49)38(30)37/h5-14,21-22H,15-20,24-25H2,1-4H3,(H,42,50)(H,43,51). The molecule has 0 saturated carbocycles. The van der Waals surface area contributed by atoms with Crippen LogP contribution >= 0.6 is 0 Å². The van der Waals surface area contributed by atoms with Gasteiger partial charge in [-0.25, -0.2) is 9.59 Å². The number of anilines is 5. The van der Waals surface area contributed by atoms with Gasteiger partial charge in [-0.3, -0.25) is 4.79 Å². The molecule has 51 heavy (non-hydrogen) atoms. The number of likely N-dealkylation sites (N-methyl/N-ethyl adjacent to an activating group) is 2. The molecule has 0 unspecified atom stereocenters. The molecule has 0 aliphatic carbocycles. The molecule has 11 heteroatoms. The highest BCUT2D eigenvalue weighted by Gasteiger charge is 2.34. The lowest BCUT2D eigenvalue weighted by atomic mass is 9.99. The van der Waals surface area contributed by atoms with Gasteiger partial charge in [0.15, 0.2) is 0 Å². The summed E-state index contributed by atoms with van der Waals surface area (Å²) in [7, 11) is 4.13. The minimum absolute atomic E-state index is 0.113. The number of carbonyl (C=O) groups is 3. The van der Waals surface area contributed by atoms with Crippen LogP contribution in [0.3, 0.4) is 0 Å². The van der Waals surface area contributed by atoms with Gasteiger partial charge in [0.25, 0.3) is 0 Å². The van der Waals surface area contributed by atoms with E-state index in [1.54, 1.807) is 23.1 Å². The van der Waals surface area contributed by atoms with Crippen LogP contribution in [-0.4, -0.2) is 61.5 Å². The molecule has 0 bridgehead atoms. The first-order chi connectivity index (χ1) is 24.6. The highest BCUT2D eigenvalue weighted by molar-refractivity contribution is 6.14. The fourth-order valence-corrected chi connectivity index (χ4v) is 7.41. The number of hydrogen-bond acceptors (Lipinski definition) is 6. The van der Waals surface area contributed by atoms with Gasteiger partial charge in [0.05, 0.1) is 34.0 Å². The number of fused-ring (bicyclic) bond motifs is 3. The Hall–Kier alpha value is -5.70. The number of nitriles is 1. The van der Waals surface area contributed by atoms with E-state index >= 15 is 0 Å². The maximum Gasteiger partial charge on any atom is 0.345 e. The topological polar surface area (TPSA) is 115 Å². The molecule has 0 radical (unpaired) electrons. The summed E-state index contributed by atoms with van der Waals surface area (Å²) in [6.07, 6.45) is 2.43. The smallest absolute Gasteiger partial charge is 0.310 e. The molecule has 3 aliphatic heterocycles. The number of urea groups is 2. The molecule has 11 nitrogen and oxygen atoms in total. The number of benzene rings is 4. The number of carbonyl (C=O) groups excluding carboxylic acids is 3. The SMILES string of the molecule is CC(=O)N1CCc2cccc(NC(=O)N(c3ccc4c(c3)CN(C)CC4)N(C(=O)Nc3cccc(C)c3C#N)c3ccc4c(c3)CN(C)CC4)c21. The molecule has 260 valence electrons. The van der Waals surface area contributed by atoms with Gasteiger partial charge in [0.2, 0.25) is 5.91 Å². The maximum absolute atomic E-state index is 14.9. The second kappa shape index (κ2) is 13.9. The van der Waals surface area contributed by atoms with Crippen LogP contribution in [0.2, 0.25) is 0 Å². The van der Waals surface area contributed by atoms with Crippen molar-refractivity contribution in [3.8, 4) is 6.07 Å². The van der Waals surface area contributed by atoms with E-state index in [9.17, 15) is 19.6 Å². The van der Waals surface area contributed by atoms with Crippen molar-refractivity contribution in [1.29, 1.82) is 5.26 Å². The first kappa shape index (κ1) is 33.8. The molecule has 0 aromatic heterocycles. The number of hydrogen-bond donors (Lipinski definition) is 2. The van der Waals surface area contributed by atoms with E-state index in [1.807, 2.05) is 61.5 Å². The first-order valence-electron chi connectivity index (χ1n) is 17.3. The number of rotatable bonds is 4. The van der Waals surface area contributed by atoms with Crippen LogP contribution in [0.15, 0.2) is 72.8 Å². The zero-order chi connectivity index (χ0) is 35.8. The monoisotopic (exact) mass is 682 g/mol. The molecule has 0 fully saturated rings. The predicted octanol–water partition coefficient (Wildman–Crippen LogP) is 6.44. The van der Waals surface area contributed by atoms with Gasteiger partial charge in [0, 0.05) is 39.6 Å². The zero-order valence-corrected chi connectivity index (χ0v) is 29.5. The van der Waals surface area contributed by atoms with Crippen LogP contribution in [0.25, 0.3) is 0 Å². The number of aryl methyl sites for hydroxylation is 1. The average Bonchev–Trinajstić information content (AvgIpc) is 3.56. The third-order valence-electron chi connectivity index (χ3n) is 10.1. The summed E-state index contributed by atoms with van der Waals surface area (Å²) in [6, 6.07) is 23.7. The van der Waals surface area contributed by atoms with E-state index in [0.29, 0.717) is 60.1 Å². The van der Waals surface area contributed by atoms with Crippen LogP contribution in [0.1, 0.15) is 45.9 Å². The van der Waals surface area contributed by atoms with Gasteiger partial charge in [0.1, 0.15) is 6.07 Å². The van der Waals surface area contributed by atoms with Gasteiger partial charge in [-0.15, -0.1) is 0 Å². The Labute approximate surface area is 298 Å². The van der Waals surface area contributed by atoms with Crippen LogP contribution in [-0.2, 0) is 37.1 Å². The minimum Gasteiger partial charge on any atom is -0.310 e. The largest absolute Gasteiger partial charge is 0.345 e. The Balaban J connectivity index is 1.38. The third kappa shape index (κ3) is 6.64. The summed E-state index contributed by atoms with van der Waals surface area (Å²) >= 11 is 0. The summed E-state index contributed by atoms with van der Waals surface area (Å²) in [6.45, 7) is 7.11. The molecule has 0 spiro atoms.